The van der Waals surface area contributed by atoms with Crippen LogP contribution in [-0.2, 0) is 4.74 Å². The number of ether oxygens (including phenoxy) is 1. The van der Waals surface area contributed by atoms with Crippen molar-refractivity contribution >= 4 is 22.3 Å². The Balaban J connectivity index is 1.44. The molecule has 1 N–H and O–H groups in total. The minimum absolute atomic E-state index is 0.838. The zero-order valence-corrected chi connectivity index (χ0v) is 19.0. The average Bonchev–Trinajstić information content (AvgIpc) is 2.85. The van der Waals surface area contributed by atoms with Crippen molar-refractivity contribution in [2.75, 3.05) is 82.8 Å². The molecule has 2 saturated heterocycles. The lowest BCUT2D eigenvalue weighted by molar-refractivity contribution is 0.0398. The molecule has 6 heteroatoms. The van der Waals surface area contributed by atoms with E-state index in [4.69, 9.17) is 9.72 Å². The predicted molar refractivity (Wildman–Crippen MR) is 133 cm³/mol. The van der Waals surface area contributed by atoms with Crippen LogP contribution in [0, 0.1) is 0 Å². The fourth-order valence-corrected chi connectivity index (χ4v) is 4.55. The number of rotatable bonds is 6. The van der Waals surface area contributed by atoms with Crippen LogP contribution in [0.1, 0.15) is 0 Å². The number of piperazine rings is 1. The van der Waals surface area contributed by atoms with E-state index in [0.29, 0.717) is 0 Å². The second kappa shape index (κ2) is 9.86. The molecule has 2 aliphatic rings. The summed E-state index contributed by atoms with van der Waals surface area (Å²) in [5.74, 6) is 0. The van der Waals surface area contributed by atoms with Crippen molar-refractivity contribution in [2.24, 2.45) is 0 Å². The van der Waals surface area contributed by atoms with Crippen LogP contribution in [0.4, 0.5) is 11.4 Å². The summed E-state index contributed by atoms with van der Waals surface area (Å²) in [6.45, 7) is 9.98. The first kappa shape index (κ1) is 21.2. The van der Waals surface area contributed by atoms with E-state index in [1.54, 1.807) is 0 Å². The third-order valence-corrected chi connectivity index (χ3v) is 6.58. The smallest absolute Gasteiger partial charge is 0.0731 e. The van der Waals surface area contributed by atoms with Gasteiger partial charge in [-0.05, 0) is 31.3 Å². The number of pyridine rings is 1. The highest BCUT2D eigenvalue weighted by atomic mass is 16.5. The fraction of sp³-hybridized carbons (Fsp3) is 0.423. The van der Waals surface area contributed by atoms with E-state index in [1.165, 1.54) is 11.1 Å². The number of fused-ring (bicyclic) bond motifs is 1. The van der Waals surface area contributed by atoms with E-state index in [1.807, 2.05) is 6.07 Å². The predicted octanol–water partition coefficient (Wildman–Crippen LogP) is 3.40. The van der Waals surface area contributed by atoms with E-state index in [2.05, 4.69) is 75.6 Å². The SMILES string of the molecule is CN1CCN(c2ccc3nc(-c4ccccc4)cc(NCCN4CCOCC4)c3c2)CC1. The molecule has 0 saturated carbocycles. The molecule has 3 aromatic rings. The van der Waals surface area contributed by atoms with Gasteiger partial charge < -0.3 is 19.9 Å². The Bertz CT molecular complexity index is 1030. The number of hydrogen-bond acceptors (Lipinski definition) is 6. The molecular weight excluding hydrogens is 398 g/mol. The Morgan fingerprint density at radius 3 is 2.47 bits per heavy atom. The number of nitrogens with zero attached hydrogens (tertiary/aromatic N) is 4. The van der Waals surface area contributed by atoms with Crippen LogP contribution in [0.3, 0.4) is 0 Å². The van der Waals surface area contributed by atoms with Crippen LogP contribution in [-0.4, -0.2) is 87.4 Å². The molecule has 2 fully saturated rings. The topological polar surface area (TPSA) is 43.9 Å². The lowest BCUT2D eigenvalue weighted by Crippen LogP contribution is -2.44. The quantitative estimate of drug-likeness (QED) is 0.645. The largest absolute Gasteiger partial charge is 0.383 e. The molecule has 0 amide bonds. The van der Waals surface area contributed by atoms with Crippen LogP contribution in [0.25, 0.3) is 22.2 Å². The maximum absolute atomic E-state index is 5.49. The van der Waals surface area contributed by atoms with Gasteiger partial charge in [-0.1, -0.05) is 30.3 Å². The van der Waals surface area contributed by atoms with Crippen molar-refractivity contribution in [1.29, 1.82) is 0 Å². The number of anilines is 2. The monoisotopic (exact) mass is 431 g/mol. The zero-order chi connectivity index (χ0) is 21.8. The summed E-state index contributed by atoms with van der Waals surface area (Å²) in [6, 6.07) is 19.4. The molecule has 0 aliphatic carbocycles. The van der Waals surface area contributed by atoms with Crippen LogP contribution in [0.5, 0.6) is 0 Å². The summed E-state index contributed by atoms with van der Waals surface area (Å²) in [4.78, 5) is 12.4. The van der Waals surface area contributed by atoms with Gasteiger partial charge in [0, 0.05) is 74.7 Å². The molecule has 2 aromatic carbocycles. The van der Waals surface area contributed by atoms with E-state index in [-0.39, 0.29) is 0 Å². The van der Waals surface area contributed by atoms with Gasteiger partial charge in [0.25, 0.3) is 0 Å². The zero-order valence-electron chi connectivity index (χ0n) is 19.0. The Labute approximate surface area is 190 Å². The van der Waals surface area contributed by atoms with Gasteiger partial charge in [-0.15, -0.1) is 0 Å². The number of likely N-dealkylation sites (N-methyl/N-ethyl adjacent to an activating group) is 1. The van der Waals surface area contributed by atoms with Gasteiger partial charge in [0.2, 0.25) is 0 Å². The highest BCUT2D eigenvalue weighted by Crippen LogP contribution is 2.31. The summed E-state index contributed by atoms with van der Waals surface area (Å²) in [5.41, 5.74) is 5.65. The molecular formula is C26H33N5O. The number of benzene rings is 2. The Morgan fingerprint density at radius 2 is 1.69 bits per heavy atom. The lowest BCUT2D eigenvalue weighted by Gasteiger charge is -2.34. The normalized spacial score (nSPS) is 18.2. The van der Waals surface area contributed by atoms with Gasteiger partial charge >= 0.3 is 0 Å². The van der Waals surface area contributed by atoms with Gasteiger partial charge in [-0.2, -0.15) is 0 Å². The number of nitrogens with one attached hydrogen (secondary N) is 1. The van der Waals surface area contributed by atoms with E-state index in [0.717, 1.165) is 88.0 Å². The van der Waals surface area contributed by atoms with Crippen LogP contribution in [0.2, 0.25) is 0 Å². The van der Waals surface area contributed by atoms with E-state index < -0.39 is 0 Å². The highest BCUT2D eigenvalue weighted by Gasteiger charge is 2.16. The standard InChI is InChI=1S/C26H33N5O/c1-29-11-13-31(14-12-29)22-7-8-24-23(19-22)26(27-9-10-30-15-17-32-18-16-30)20-25(28-24)21-5-3-2-4-6-21/h2-8,19-20H,9-18H2,1H3,(H,27,28). The summed E-state index contributed by atoms with van der Waals surface area (Å²) in [7, 11) is 2.20. The van der Waals surface area contributed by atoms with Crippen molar-refractivity contribution in [3.05, 3.63) is 54.6 Å². The number of hydrogen-bond donors (Lipinski definition) is 1. The van der Waals surface area contributed by atoms with Crippen molar-refractivity contribution in [1.82, 2.24) is 14.8 Å². The Hall–Kier alpha value is -2.67. The highest BCUT2D eigenvalue weighted by molar-refractivity contribution is 5.96. The van der Waals surface area contributed by atoms with Gasteiger partial charge in [0.05, 0.1) is 24.4 Å². The Kier molecular flexibility index (Phi) is 6.53. The maximum atomic E-state index is 5.49. The molecule has 0 spiro atoms. The Morgan fingerprint density at radius 1 is 0.906 bits per heavy atom. The summed E-state index contributed by atoms with van der Waals surface area (Å²) >= 11 is 0. The molecule has 0 unspecified atom stereocenters. The molecule has 5 rings (SSSR count). The average molecular weight is 432 g/mol. The second-order valence-corrected chi connectivity index (χ2v) is 8.79. The van der Waals surface area contributed by atoms with Gasteiger partial charge in [-0.25, -0.2) is 4.98 Å². The first-order valence-electron chi connectivity index (χ1n) is 11.7. The molecule has 0 radical (unpaired) electrons. The first-order chi connectivity index (χ1) is 15.8. The first-order valence-corrected chi connectivity index (χ1v) is 11.7. The van der Waals surface area contributed by atoms with Crippen LogP contribution < -0.4 is 10.2 Å². The van der Waals surface area contributed by atoms with Gasteiger partial charge in [0.15, 0.2) is 0 Å². The van der Waals surface area contributed by atoms with Crippen molar-refractivity contribution in [3.63, 3.8) is 0 Å². The molecule has 168 valence electrons. The fourth-order valence-electron chi connectivity index (χ4n) is 4.55. The summed E-state index contributed by atoms with van der Waals surface area (Å²) in [5, 5.41) is 4.93. The molecule has 32 heavy (non-hydrogen) atoms. The molecule has 6 nitrogen and oxygen atoms in total. The summed E-state index contributed by atoms with van der Waals surface area (Å²) in [6.07, 6.45) is 0. The minimum Gasteiger partial charge on any atom is -0.383 e. The molecule has 0 bridgehead atoms. The van der Waals surface area contributed by atoms with E-state index >= 15 is 0 Å². The van der Waals surface area contributed by atoms with Gasteiger partial charge in [-0.3, -0.25) is 4.90 Å². The van der Waals surface area contributed by atoms with Crippen LogP contribution >= 0.6 is 0 Å². The molecule has 1 aromatic heterocycles. The second-order valence-electron chi connectivity index (χ2n) is 8.79. The third-order valence-electron chi connectivity index (χ3n) is 6.58. The summed E-state index contributed by atoms with van der Waals surface area (Å²) < 4.78 is 5.49. The maximum Gasteiger partial charge on any atom is 0.0731 e. The van der Waals surface area contributed by atoms with Crippen molar-refractivity contribution in [2.45, 2.75) is 0 Å². The molecule has 0 atom stereocenters. The van der Waals surface area contributed by atoms with Crippen molar-refractivity contribution in [3.8, 4) is 11.3 Å². The lowest BCUT2D eigenvalue weighted by atomic mass is 10.1. The number of morpholine rings is 1. The molecule has 2 aliphatic heterocycles. The minimum atomic E-state index is 0.838. The number of aromatic nitrogens is 1. The van der Waals surface area contributed by atoms with Gasteiger partial charge in [0.1, 0.15) is 0 Å². The van der Waals surface area contributed by atoms with E-state index in [9.17, 15) is 0 Å². The third kappa shape index (κ3) is 4.88. The molecule has 3 heterocycles. The van der Waals surface area contributed by atoms with Crippen molar-refractivity contribution < 1.29 is 4.74 Å². The van der Waals surface area contributed by atoms with Crippen LogP contribution in [0.15, 0.2) is 54.6 Å².